The lowest BCUT2D eigenvalue weighted by Gasteiger charge is -2.28. The van der Waals surface area contributed by atoms with Crippen molar-refractivity contribution in [1.82, 2.24) is 5.32 Å². The van der Waals surface area contributed by atoms with E-state index in [4.69, 9.17) is 9.47 Å². The molecule has 15 heavy (non-hydrogen) atoms. The van der Waals surface area contributed by atoms with Crippen LogP contribution in [0.5, 0.6) is 11.5 Å². The summed E-state index contributed by atoms with van der Waals surface area (Å²) in [6, 6.07) is 6.57. The molecule has 0 aromatic heterocycles. The molecule has 3 nitrogen and oxygen atoms in total. The van der Waals surface area contributed by atoms with Crippen LogP contribution in [0.25, 0.3) is 0 Å². The van der Waals surface area contributed by atoms with E-state index in [1.165, 1.54) is 12.0 Å². The quantitative estimate of drug-likeness (QED) is 0.862. The Hall–Kier alpha value is -0.930. The molecule has 0 radical (unpaired) electrons. The van der Waals surface area contributed by atoms with Crippen molar-refractivity contribution in [2.24, 2.45) is 0 Å². The standard InChI is InChI=1S/C11H15NO2.ClH/c1-13-10-4-3-8(7-11(10)14-2)9-5-6-12-9;/h3-4,7,9,12H,5-6H2,1-2H3;1H/t9-;/m1./s1. The molecule has 1 fully saturated rings. The van der Waals surface area contributed by atoms with Gasteiger partial charge in [-0.25, -0.2) is 0 Å². The summed E-state index contributed by atoms with van der Waals surface area (Å²) < 4.78 is 10.4. The molecule has 0 unspecified atom stereocenters. The maximum Gasteiger partial charge on any atom is 0.161 e. The smallest absolute Gasteiger partial charge is 0.161 e. The Morgan fingerprint density at radius 2 is 1.87 bits per heavy atom. The van der Waals surface area contributed by atoms with Crippen LogP contribution < -0.4 is 14.8 Å². The average molecular weight is 230 g/mol. The molecule has 1 aliphatic rings. The Balaban J connectivity index is 0.00000112. The van der Waals surface area contributed by atoms with E-state index in [1.807, 2.05) is 12.1 Å². The zero-order valence-electron chi connectivity index (χ0n) is 8.95. The summed E-state index contributed by atoms with van der Waals surface area (Å²) in [4.78, 5) is 0. The minimum atomic E-state index is 0. The van der Waals surface area contributed by atoms with Crippen LogP contribution in [0.3, 0.4) is 0 Å². The Morgan fingerprint density at radius 3 is 2.33 bits per heavy atom. The van der Waals surface area contributed by atoms with E-state index in [1.54, 1.807) is 14.2 Å². The molecule has 1 aliphatic heterocycles. The van der Waals surface area contributed by atoms with Gasteiger partial charge in [0.2, 0.25) is 0 Å². The molecule has 1 heterocycles. The van der Waals surface area contributed by atoms with Gasteiger partial charge in [0.25, 0.3) is 0 Å². The highest BCUT2D eigenvalue weighted by Crippen LogP contribution is 2.32. The Bertz CT molecular complexity index is 326. The van der Waals surface area contributed by atoms with Crippen LogP contribution in [-0.2, 0) is 0 Å². The van der Waals surface area contributed by atoms with Crippen molar-refractivity contribution in [2.75, 3.05) is 20.8 Å². The van der Waals surface area contributed by atoms with E-state index < -0.39 is 0 Å². The van der Waals surface area contributed by atoms with Gasteiger partial charge in [-0.05, 0) is 30.7 Å². The minimum absolute atomic E-state index is 0. The number of hydrogen-bond donors (Lipinski definition) is 1. The fraction of sp³-hybridized carbons (Fsp3) is 0.455. The van der Waals surface area contributed by atoms with Crippen molar-refractivity contribution >= 4 is 12.4 Å². The molecule has 1 saturated heterocycles. The largest absolute Gasteiger partial charge is 0.493 e. The summed E-state index contributed by atoms with van der Waals surface area (Å²) in [5.41, 5.74) is 1.27. The van der Waals surface area contributed by atoms with Gasteiger partial charge in [-0.2, -0.15) is 0 Å². The number of hydrogen-bond acceptors (Lipinski definition) is 3. The summed E-state index contributed by atoms with van der Waals surface area (Å²) in [5.74, 6) is 1.59. The molecule has 1 N–H and O–H groups in total. The topological polar surface area (TPSA) is 30.5 Å². The average Bonchev–Trinajstić information content (AvgIpc) is 2.15. The zero-order chi connectivity index (χ0) is 9.97. The molecule has 0 aliphatic carbocycles. The number of nitrogens with one attached hydrogen (secondary N) is 1. The summed E-state index contributed by atoms with van der Waals surface area (Å²) in [7, 11) is 3.31. The molecule has 2 rings (SSSR count). The van der Waals surface area contributed by atoms with E-state index in [2.05, 4.69) is 11.4 Å². The van der Waals surface area contributed by atoms with Gasteiger partial charge < -0.3 is 14.8 Å². The van der Waals surface area contributed by atoms with Gasteiger partial charge in [-0.3, -0.25) is 0 Å². The van der Waals surface area contributed by atoms with Crippen LogP contribution in [0, 0.1) is 0 Å². The van der Waals surface area contributed by atoms with Crippen molar-refractivity contribution in [1.29, 1.82) is 0 Å². The van der Waals surface area contributed by atoms with Crippen molar-refractivity contribution < 1.29 is 9.47 Å². The Kier molecular flexibility index (Phi) is 4.24. The Labute approximate surface area is 96.2 Å². The second-order valence-electron chi connectivity index (χ2n) is 3.41. The van der Waals surface area contributed by atoms with Gasteiger partial charge >= 0.3 is 0 Å². The van der Waals surface area contributed by atoms with Crippen LogP contribution in [0.1, 0.15) is 18.0 Å². The normalized spacial score (nSPS) is 18.7. The molecule has 0 bridgehead atoms. The minimum Gasteiger partial charge on any atom is -0.493 e. The highest BCUT2D eigenvalue weighted by Gasteiger charge is 2.19. The molecule has 84 valence electrons. The molecule has 1 aromatic rings. The fourth-order valence-electron chi connectivity index (χ4n) is 1.64. The van der Waals surface area contributed by atoms with E-state index in [0.29, 0.717) is 6.04 Å². The lowest BCUT2D eigenvalue weighted by molar-refractivity contribution is 0.349. The summed E-state index contributed by atoms with van der Waals surface area (Å²) in [6.45, 7) is 1.11. The van der Waals surface area contributed by atoms with E-state index in [9.17, 15) is 0 Å². The first-order valence-corrected chi connectivity index (χ1v) is 4.80. The second-order valence-corrected chi connectivity index (χ2v) is 3.41. The molecule has 0 amide bonds. The SMILES string of the molecule is COc1ccc([C@H]2CCN2)cc1OC.Cl. The van der Waals surface area contributed by atoms with Crippen LogP contribution in [0.15, 0.2) is 18.2 Å². The first kappa shape index (κ1) is 12.1. The van der Waals surface area contributed by atoms with E-state index in [-0.39, 0.29) is 12.4 Å². The van der Waals surface area contributed by atoms with Crippen LogP contribution in [0.4, 0.5) is 0 Å². The maximum atomic E-state index is 5.24. The first-order valence-electron chi connectivity index (χ1n) is 4.80. The zero-order valence-corrected chi connectivity index (χ0v) is 9.76. The van der Waals surface area contributed by atoms with Crippen LogP contribution >= 0.6 is 12.4 Å². The highest BCUT2D eigenvalue weighted by molar-refractivity contribution is 5.85. The Morgan fingerprint density at radius 1 is 1.20 bits per heavy atom. The third-order valence-corrected chi connectivity index (χ3v) is 2.63. The molecule has 1 atom stereocenters. The summed E-state index contributed by atoms with van der Waals surface area (Å²) in [5, 5.41) is 3.35. The number of methoxy groups -OCH3 is 2. The molecular formula is C11H16ClNO2. The second kappa shape index (κ2) is 5.24. The fourth-order valence-corrected chi connectivity index (χ4v) is 1.64. The van der Waals surface area contributed by atoms with Crippen LogP contribution in [-0.4, -0.2) is 20.8 Å². The lowest BCUT2D eigenvalue weighted by Crippen LogP contribution is -2.34. The van der Waals surface area contributed by atoms with Crippen molar-refractivity contribution in [2.45, 2.75) is 12.5 Å². The molecule has 0 spiro atoms. The van der Waals surface area contributed by atoms with Gasteiger partial charge in [-0.15, -0.1) is 12.4 Å². The van der Waals surface area contributed by atoms with Gasteiger partial charge in [0.15, 0.2) is 11.5 Å². The molecule has 0 saturated carbocycles. The van der Waals surface area contributed by atoms with E-state index in [0.717, 1.165) is 18.0 Å². The number of halogens is 1. The number of rotatable bonds is 3. The van der Waals surface area contributed by atoms with Gasteiger partial charge in [0.05, 0.1) is 14.2 Å². The number of benzene rings is 1. The van der Waals surface area contributed by atoms with Crippen molar-refractivity contribution in [3.05, 3.63) is 23.8 Å². The molecular weight excluding hydrogens is 214 g/mol. The van der Waals surface area contributed by atoms with E-state index >= 15 is 0 Å². The van der Waals surface area contributed by atoms with Gasteiger partial charge in [0, 0.05) is 6.04 Å². The maximum absolute atomic E-state index is 5.24. The van der Waals surface area contributed by atoms with Gasteiger partial charge in [-0.1, -0.05) is 6.07 Å². The third-order valence-electron chi connectivity index (χ3n) is 2.63. The predicted octanol–water partition coefficient (Wildman–Crippen LogP) is 2.16. The highest BCUT2D eigenvalue weighted by atomic mass is 35.5. The van der Waals surface area contributed by atoms with Gasteiger partial charge in [0.1, 0.15) is 0 Å². The summed E-state index contributed by atoms with van der Waals surface area (Å²) >= 11 is 0. The van der Waals surface area contributed by atoms with Crippen LogP contribution in [0.2, 0.25) is 0 Å². The third kappa shape index (κ3) is 2.36. The molecule has 1 aromatic carbocycles. The van der Waals surface area contributed by atoms with Crippen molar-refractivity contribution in [3.8, 4) is 11.5 Å². The predicted molar refractivity (Wildman–Crippen MR) is 62.2 cm³/mol. The first-order chi connectivity index (χ1) is 6.85. The molecule has 4 heteroatoms. The number of ether oxygens (including phenoxy) is 2. The lowest BCUT2D eigenvalue weighted by atomic mass is 9.98. The van der Waals surface area contributed by atoms with Crippen molar-refractivity contribution in [3.63, 3.8) is 0 Å². The summed E-state index contributed by atoms with van der Waals surface area (Å²) in [6.07, 6.45) is 1.20. The monoisotopic (exact) mass is 229 g/mol.